The second-order valence-corrected chi connectivity index (χ2v) is 1.76. The maximum atomic E-state index is 10.5. The van der Waals surface area contributed by atoms with E-state index in [1.807, 2.05) is 0 Å². The zero-order chi connectivity index (χ0) is 7.56. The second kappa shape index (κ2) is 2.34. The molecule has 0 unspecified atom stereocenters. The van der Waals surface area contributed by atoms with Crippen LogP contribution in [0.5, 0.6) is 0 Å². The summed E-state index contributed by atoms with van der Waals surface area (Å²) in [4.78, 5) is 10.5. The van der Waals surface area contributed by atoms with Crippen molar-refractivity contribution in [2.75, 3.05) is 0 Å². The van der Waals surface area contributed by atoms with Gasteiger partial charge < -0.3 is 5.73 Å². The summed E-state index contributed by atoms with van der Waals surface area (Å²) in [6, 6.07) is 0. The van der Waals surface area contributed by atoms with Gasteiger partial charge in [0.25, 0.3) is 5.91 Å². The Hall–Kier alpha value is -1.58. The van der Waals surface area contributed by atoms with Crippen molar-refractivity contribution in [3.8, 4) is 0 Å². The molecule has 4 heteroatoms. The first-order valence-corrected chi connectivity index (χ1v) is 2.68. The highest BCUT2D eigenvalue weighted by Gasteiger charge is 2.12. The van der Waals surface area contributed by atoms with Gasteiger partial charge in [-0.05, 0) is 12.2 Å². The molecule has 0 fully saturated rings. The summed E-state index contributed by atoms with van der Waals surface area (Å²) in [6.45, 7) is 0. The van der Waals surface area contributed by atoms with Crippen LogP contribution in [0.2, 0.25) is 0 Å². The van der Waals surface area contributed by atoms with Crippen molar-refractivity contribution in [2.45, 2.75) is 0 Å². The molecule has 0 aromatic heterocycles. The van der Waals surface area contributed by atoms with Crippen LogP contribution >= 0.6 is 0 Å². The summed E-state index contributed by atoms with van der Waals surface area (Å²) in [7, 11) is 0. The number of carbonyl (C=O) groups is 1. The first-order chi connectivity index (χ1) is 4.72. The highest BCUT2D eigenvalue weighted by atomic mass is 16.1. The number of amides is 1. The molecule has 3 N–H and O–H groups in total. The summed E-state index contributed by atoms with van der Waals surface area (Å²) in [6.07, 6.45) is 4.48. The number of amidine groups is 1. The van der Waals surface area contributed by atoms with Crippen molar-refractivity contribution in [3.63, 3.8) is 0 Å². The maximum Gasteiger partial charge on any atom is 0.252 e. The van der Waals surface area contributed by atoms with Crippen molar-refractivity contribution in [1.29, 1.82) is 5.41 Å². The van der Waals surface area contributed by atoms with Gasteiger partial charge in [-0.1, -0.05) is 0 Å². The van der Waals surface area contributed by atoms with Crippen LogP contribution in [-0.2, 0) is 4.79 Å². The number of nitrogens with zero attached hydrogens (tertiary/aromatic N) is 1. The standard InChI is InChI=1S/C6H6N3O/c7-5-4(6(8)10)2-1-3-9-5/h1-3,7H,(H2,8,10). The monoisotopic (exact) mass is 136 g/mol. The molecule has 0 saturated carbocycles. The molecule has 1 aliphatic heterocycles. The van der Waals surface area contributed by atoms with Crippen LogP contribution in [0.15, 0.2) is 23.9 Å². The Morgan fingerprint density at radius 3 is 2.80 bits per heavy atom. The minimum atomic E-state index is -0.613. The van der Waals surface area contributed by atoms with Crippen LogP contribution in [0, 0.1) is 5.41 Å². The number of allylic oxidation sites excluding steroid dienone is 2. The largest absolute Gasteiger partial charge is 0.365 e. The van der Waals surface area contributed by atoms with Crippen molar-refractivity contribution in [3.05, 3.63) is 23.9 Å². The molecule has 51 valence electrons. The van der Waals surface area contributed by atoms with E-state index in [1.54, 1.807) is 6.08 Å². The summed E-state index contributed by atoms with van der Waals surface area (Å²) in [5.74, 6) is -0.687. The van der Waals surface area contributed by atoms with E-state index in [0.717, 1.165) is 0 Å². The third-order valence-corrected chi connectivity index (χ3v) is 1.07. The Morgan fingerprint density at radius 2 is 2.40 bits per heavy atom. The van der Waals surface area contributed by atoms with Crippen LogP contribution < -0.4 is 11.1 Å². The fourth-order valence-corrected chi connectivity index (χ4v) is 0.604. The number of rotatable bonds is 1. The van der Waals surface area contributed by atoms with Gasteiger partial charge in [-0.3, -0.25) is 10.2 Å². The molecule has 1 rings (SSSR count). The number of hydrogen-bond donors (Lipinski definition) is 2. The first-order valence-electron chi connectivity index (χ1n) is 2.68. The molecule has 4 nitrogen and oxygen atoms in total. The Labute approximate surface area is 57.9 Å². The zero-order valence-corrected chi connectivity index (χ0v) is 5.16. The SMILES string of the molecule is N=C1[N]C=CC=C1C(N)=O. The predicted molar refractivity (Wildman–Crippen MR) is 36.3 cm³/mol. The average Bonchev–Trinajstić information content (AvgIpc) is 1.88. The van der Waals surface area contributed by atoms with Crippen molar-refractivity contribution >= 4 is 11.7 Å². The molecule has 0 atom stereocenters. The molecule has 1 radical (unpaired) electrons. The van der Waals surface area contributed by atoms with E-state index >= 15 is 0 Å². The van der Waals surface area contributed by atoms with Crippen LogP contribution in [-0.4, -0.2) is 11.7 Å². The fraction of sp³-hybridized carbons (Fsp3) is 0. The lowest BCUT2D eigenvalue weighted by Gasteiger charge is -2.04. The Morgan fingerprint density at radius 1 is 1.70 bits per heavy atom. The minimum Gasteiger partial charge on any atom is -0.365 e. The number of nitrogens with two attached hydrogens (primary N) is 1. The molecule has 0 spiro atoms. The van der Waals surface area contributed by atoms with Gasteiger partial charge in [0.05, 0.1) is 5.57 Å². The van der Waals surface area contributed by atoms with E-state index in [-0.39, 0.29) is 11.4 Å². The van der Waals surface area contributed by atoms with Gasteiger partial charge in [-0.15, -0.1) is 0 Å². The van der Waals surface area contributed by atoms with Crippen molar-refractivity contribution < 1.29 is 4.79 Å². The van der Waals surface area contributed by atoms with E-state index in [2.05, 4.69) is 5.32 Å². The highest BCUT2D eigenvalue weighted by molar-refractivity contribution is 6.19. The molecule has 0 saturated heterocycles. The van der Waals surface area contributed by atoms with E-state index in [0.29, 0.717) is 0 Å². The number of nitrogens with one attached hydrogen (secondary N) is 1. The first kappa shape index (κ1) is 6.54. The quantitative estimate of drug-likeness (QED) is 0.501. The summed E-state index contributed by atoms with van der Waals surface area (Å²) >= 11 is 0. The van der Waals surface area contributed by atoms with Crippen molar-refractivity contribution in [1.82, 2.24) is 5.32 Å². The smallest absolute Gasteiger partial charge is 0.252 e. The molecule has 1 amide bonds. The lowest BCUT2D eigenvalue weighted by Crippen LogP contribution is -2.25. The van der Waals surface area contributed by atoms with Gasteiger partial charge in [0.2, 0.25) is 0 Å². The predicted octanol–water partition coefficient (Wildman–Crippen LogP) is -0.493. The third-order valence-electron chi connectivity index (χ3n) is 1.07. The van der Waals surface area contributed by atoms with Gasteiger partial charge in [-0.25, -0.2) is 5.32 Å². The molecule has 0 aliphatic carbocycles. The molecule has 0 aromatic carbocycles. The summed E-state index contributed by atoms with van der Waals surface area (Å²) in [5, 5.41) is 10.7. The van der Waals surface area contributed by atoms with Gasteiger partial charge in [0, 0.05) is 6.20 Å². The van der Waals surface area contributed by atoms with Gasteiger partial charge in [0.1, 0.15) is 0 Å². The van der Waals surface area contributed by atoms with E-state index < -0.39 is 5.91 Å². The van der Waals surface area contributed by atoms with Crippen molar-refractivity contribution in [2.24, 2.45) is 5.73 Å². The Balaban J connectivity index is 2.91. The van der Waals surface area contributed by atoms with Crippen LogP contribution in [0.1, 0.15) is 0 Å². The van der Waals surface area contributed by atoms with Crippen LogP contribution in [0.4, 0.5) is 0 Å². The van der Waals surface area contributed by atoms with Crippen LogP contribution in [0.3, 0.4) is 0 Å². The molecule has 0 aromatic rings. The molecular formula is C6H6N3O. The minimum absolute atomic E-state index is 0.0741. The van der Waals surface area contributed by atoms with Crippen LogP contribution in [0.25, 0.3) is 0 Å². The van der Waals surface area contributed by atoms with E-state index in [1.165, 1.54) is 12.3 Å². The summed E-state index contributed by atoms with van der Waals surface area (Å²) in [5.41, 5.74) is 5.07. The highest BCUT2D eigenvalue weighted by Crippen LogP contribution is 1.99. The van der Waals surface area contributed by atoms with Gasteiger partial charge >= 0.3 is 0 Å². The number of hydrogen-bond acceptors (Lipinski definition) is 2. The Bertz CT molecular complexity index is 239. The third kappa shape index (κ3) is 1.05. The van der Waals surface area contributed by atoms with Gasteiger partial charge in [-0.2, -0.15) is 0 Å². The van der Waals surface area contributed by atoms with E-state index in [4.69, 9.17) is 11.1 Å². The number of carbonyl (C=O) groups excluding carboxylic acids is 1. The lowest BCUT2D eigenvalue weighted by atomic mass is 10.2. The normalized spacial score (nSPS) is 16.0. The van der Waals surface area contributed by atoms with Gasteiger partial charge in [0.15, 0.2) is 5.84 Å². The zero-order valence-electron chi connectivity index (χ0n) is 5.16. The molecule has 0 bridgehead atoms. The lowest BCUT2D eigenvalue weighted by molar-refractivity contribution is -0.114. The second-order valence-electron chi connectivity index (χ2n) is 1.76. The number of primary amides is 1. The molecule has 1 aliphatic rings. The van der Waals surface area contributed by atoms with E-state index in [9.17, 15) is 4.79 Å². The maximum absolute atomic E-state index is 10.5. The molecule has 1 heterocycles. The average molecular weight is 136 g/mol. The molecular weight excluding hydrogens is 130 g/mol. The summed E-state index contributed by atoms with van der Waals surface area (Å²) < 4.78 is 0. The molecule has 10 heavy (non-hydrogen) atoms. The Kier molecular flexibility index (Phi) is 1.53. The topological polar surface area (TPSA) is 81.0 Å². The fourth-order valence-electron chi connectivity index (χ4n) is 0.604.